The summed E-state index contributed by atoms with van der Waals surface area (Å²) in [4.78, 5) is 60.0. The predicted molar refractivity (Wildman–Crippen MR) is 136 cm³/mol. The summed E-state index contributed by atoms with van der Waals surface area (Å²) in [5.74, 6) is -0.281. The van der Waals surface area contributed by atoms with E-state index in [9.17, 15) is 33.6 Å². The average molecular weight is 638 g/mol. The van der Waals surface area contributed by atoms with Gasteiger partial charge in [0.25, 0.3) is 5.56 Å². The number of phosphoric acid groups is 3. The lowest BCUT2D eigenvalue weighted by Gasteiger charge is -2.27. The van der Waals surface area contributed by atoms with Crippen LogP contribution in [0.15, 0.2) is 11.1 Å². The number of aliphatic hydroxyl groups excluding tert-OH is 1. The number of nitrogens with zero attached hydrogens (tertiary/aromatic N) is 4. The highest BCUT2D eigenvalue weighted by Gasteiger charge is 2.54. The lowest BCUT2D eigenvalue weighted by molar-refractivity contribution is -0.0949. The molecule has 0 spiro atoms. The van der Waals surface area contributed by atoms with E-state index in [1.165, 1.54) is 19.6 Å². The molecule has 3 rings (SSSR count). The second-order valence-corrected chi connectivity index (χ2v) is 12.9. The first-order valence-corrected chi connectivity index (χ1v) is 16.1. The molecule has 2 unspecified atom stereocenters. The molecule has 1 saturated heterocycles. The van der Waals surface area contributed by atoms with E-state index in [1.54, 1.807) is 0 Å². The number of hydrogen-bond acceptors (Lipinski definition) is 14. The fourth-order valence-electron chi connectivity index (χ4n) is 3.63. The van der Waals surface area contributed by atoms with E-state index in [0.29, 0.717) is 0 Å². The maximum absolute atomic E-state index is 11.9. The molecule has 40 heavy (non-hydrogen) atoms. The maximum Gasteiger partial charge on any atom is 0.490 e. The Morgan fingerprint density at radius 2 is 1.70 bits per heavy atom. The van der Waals surface area contributed by atoms with Gasteiger partial charge in [-0.05, 0) is 26.6 Å². The molecule has 0 bridgehead atoms. The molecule has 1 aliphatic heterocycles. The van der Waals surface area contributed by atoms with Crippen molar-refractivity contribution >= 4 is 40.6 Å². The number of aromatic nitrogens is 4. The number of fused-ring (bicyclic) bond motifs is 1. The largest absolute Gasteiger partial charge is 0.490 e. The summed E-state index contributed by atoms with van der Waals surface area (Å²) in [6.07, 6.45) is -3.78. The Balaban J connectivity index is 0.000000708. The number of H-pyrrole nitrogens is 1. The van der Waals surface area contributed by atoms with Crippen molar-refractivity contribution in [2.75, 3.05) is 32.0 Å². The Kier molecular flexibility index (Phi) is 11.4. The zero-order valence-corrected chi connectivity index (χ0v) is 24.5. The molecule has 20 nitrogen and oxygen atoms in total. The quantitative estimate of drug-likeness (QED) is 0.142. The smallest absolute Gasteiger partial charge is 0.387 e. The molecule has 0 aliphatic carbocycles. The minimum absolute atomic E-state index is 0.123. The monoisotopic (exact) mass is 638 g/mol. The molecular weight excluding hydrogens is 605 g/mol. The standard InChI is InChI=1S/C11H18N5O14P3.C6H15N/c1-11(19)6(17)4(2-27-32(23,24)30-33(25,26)29-31(20,21)22)28-9(11)16-3-13-5-7(16)14-10(12)15-8(5)18;1-4-7(5-2)6-3/h3-4,6,9,17,19H,2H2,1H3,(H,23,24)(H,25,26)(H2,20,21,22)(H3,12,14,15,18);4-6H2,1-3H3/t4-,6-,9-,11-;/m1./s1. The number of aliphatic hydroxyl groups is 2. The first kappa shape index (κ1) is 34.6. The molecule has 0 radical (unpaired) electrons. The Hall–Kier alpha value is -1.60. The number of aromatic amines is 1. The van der Waals surface area contributed by atoms with E-state index >= 15 is 0 Å². The van der Waals surface area contributed by atoms with Crippen LogP contribution in [-0.2, 0) is 31.6 Å². The van der Waals surface area contributed by atoms with Crippen molar-refractivity contribution in [2.45, 2.75) is 51.7 Å². The summed E-state index contributed by atoms with van der Waals surface area (Å²) in [6, 6.07) is 0. The van der Waals surface area contributed by atoms with Crippen LogP contribution in [0.5, 0.6) is 0 Å². The zero-order valence-electron chi connectivity index (χ0n) is 21.8. The van der Waals surface area contributed by atoms with Crippen molar-refractivity contribution < 1.29 is 61.4 Å². The summed E-state index contributed by atoms with van der Waals surface area (Å²) in [5.41, 5.74) is 2.40. The minimum Gasteiger partial charge on any atom is -0.387 e. The molecule has 0 aromatic carbocycles. The molecular formula is C17H33N6O14P3. The minimum atomic E-state index is -5.75. The van der Waals surface area contributed by atoms with Crippen LogP contribution in [0.3, 0.4) is 0 Å². The fourth-order valence-corrected chi connectivity index (χ4v) is 6.66. The number of rotatable bonds is 11. The molecule has 23 heteroatoms. The number of imidazole rings is 1. The number of ether oxygens (including phenoxy) is 1. The van der Waals surface area contributed by atoms with Crippen LogP contribution >= 0.6 is 23.5 Å². The first-order chi connectivity index (χ1) is 18.3. The fraction of sp³-hybridized carbons (Fsp3) is 0.706. The Morgan fingerprint density at radius 3 is 2.20 bits per heavy atom. The van der Waals surface area contributed by atoms with Gasteiger partial charge >= 0.3 is 23.5 Å². The van der Waals surface area contributed by atoms with Crippen LogP contribution in [0.1, 0.15) is 33.9 Å². The zero-order chi connectivity index (χ0) is 30.7. The maximum atomic E-state index is 11.9. The summed E-state index contributed by atoms with van der Waals surface area (Å²) in [6.45, 7) is 10.2. The van der Waals surface area contributed by atoms with Crippen molar-refractivity contribution in [1.29, 1.82) is 0 Å². The SMILES string of the molecule is CCN(CC)CC.C[C@@]1(O)[C@H](O)[C@@H](COP(=O)(O)OP(=O)(O)OP(=O)(O)O)O[C@H]1n1cnc2c(=O)[nH]c(N)nc21. The van der Waals surface area contributed by atoms with Gasteiger partial charge in [-0.3, -0.25) is 18.9 Å². The first-order valence-electron chi connectivity index (χ1n) is 11.6. The van der Waals surface area contributed by atoms with Gasteiger partial charge in [-0.2, -0.15) is 13.6 Å². The molecule has 1 aliphatic rings. The predicted octanol–water partition coefficient (Wildman–Crippen LogP) is -0.598. The van der Waals surface area contributed by atoms with E-state index in [1.807, 2.05) is 0 Å². The summed E-state index contributed by atoms with van der Waals surface area (Å²) >= 11 is 0. The molecule has 0 amide bonds. The number of phosphoric ester groups is 1. The Morgan fingerprint density at radius 1 is 1.12 bits per heavy atom. The van der Waals surface area contributed by atoms with Gasteiger partial charge in [-0.1, -0.05) is 20.8 Å². The van der Waals surface area contributed by atoms with Crippen LogP contribution in [0.2, 0.25) is 0 Å². The second-order valence-electron chi connectivity index (χ2n) is 8.48. The van der Waals surface area contributed by atoms with Gasteiger partial charge < -0.3 is 45.2 Å². The van der Waals surface area contributed by atoms with Crippen molar-refractivity contribution in [3.05, 3.63) is 16.7 Å². The van der Waals surface area contributed by atoms with E-state index in [-0.39, 0.29) is 17.1 Å². The Bertz CT molecular complexity index is 1350. The highest BCUT2D eigenvalue weighted by atomic mass is 31.3. The lowest BCUT2D eigenvalue weighted by Crippen LogP contribution is -2.44. The van der Waals surface area contributed by atoms with E-state index in [0.717, 1.165) is 17.8 Å². The third-order valence-electron chi connectivity index (χ3n) is 5.62. The van der Waals surface area contributed by atoms with Crippen molar-refractivity contribution in [3.63, 3.8) is 0 Å². The van der Waals surface area contributed by atoms with Gasteiger partial charge in [0.05, 0.1) is 12.9 Å². The Labute approximate surface area is 227 Å². The van der Waals surface area contributed by atoms with Crippen LogP contribution in [0.25, 0.3) is 11.2 Å². The number of nitrogens with two attached hydrogens (primary N) is 1. The molecule has 230 valence electrons. The van der Waals surface area contributed by atoms with Crippen LogP contribution in [0, 0.1) is 0 Å². The highest BCUT2D eigenvalue weighted by Crippen LogP contribution is 2.66. The van der Waals surface area contributed by atoms with Gasteiger partial charge in [0.15, 0.2) is 17.4 Å². The summed E-state index contributed by atoms with van der Waals surface area (Å²) in [5, 5.41) is 21.1. The van der Waals surface area contributed by atoms with Crippen molar-refractivity contribution in [2.24, 2.45) is 0 Å². The van der Waals surface area contributed by atoms with E-state index < -0.39 is 59.7 Å². The summed E-state index contributed by atoms with van der Waals surface area (Å²) in [7, 11) is -16.8. The van der Waals surface area contributed by atoms with Crippen molar-refractivity contribution in [3.8, 4) is 0 Å². The third kappa shape index (κ3) is 8.95. The molecule has 0 saturated carbocycles. The van der Waals surface area contributed by atoms with Crippen LogP contribution in [0.4, 0.5) is 5.95 Å². The highest BCUT2D eigenvalue weighted by molar-refractivity contribution is 7.66. The van der Waals surface area contributed by atoms with Gasteiger partial charge in [0.2, 0.25) is 5.95 Å². The second kappa shape index (κ2) is 13.1. The molecule has 1 fully saturated rings. The van der Waals surface area contributed by atoms with Gasteiger partial charge in [0.1, 0.15) is 17.8 Å². The summed E-state index contributed by atoms with van der Waals surface area (Å²) < 4.78 is 52.0. The van der Waals surface area contributed by atoms with E-state index in [4.69, 9.17) is 25.2 Å². The molecule has 9 N–H and O–H groups in total. The lowest BCUT2D eigenvalue weighted by atomic mass is 9.96. The number of hydrogen-bond donors (Lipinski definition) is 8. The number of anilines is 1. The van der Waals surface area contributed by atoms with Gasteiger partial charge in [-0.25, -0.2) is 18.7 Å². The topological polar surface area (TPSA) is 302 Å². The van der Waals surface area contributed by atoms with Crippen molar-refractivity contribution in [1.82, 2.24) is 24.4 Å². The molecule has 2 aromatic heterocycles. The average Bonchev–Trinajstić information content (AvgIpc) is 3.30. The van der Waals surface area contributed by atoms with Gasteiger partial charge in [-0.15, -0.1) is 0 Å². The van der Waals surface area contributed by atoms with E-state index in [2.05, 4.69) is 53.8 Å². The normalized spacial score (nSPS) is 26.3. The molecule has 3 heterocycles. The van der Waals surface area contributed by atoms with Crippen LogP contribution in [-0.4, -0.2) is 98.3 Å². The third-order valence-corrected chi connectivity index (χ3v) is 9.42. The van der Waals surface area contributed by atoms with Crippen LogP contribution < -0.4 is 11.3 Å². The molecule has 6 atom stereocenters. The van der Waals surface area contributed by atoms with Gasteiger partial charge in [0, 0.05) is 0 Å². The molecule has 2 aromatic rings. The number of nitrogen functional groups attached to an aromatic ring is 1. The number of nitrogens with one attached hydrogen (secondary N) is 1.